The summed E-state index contributed by atoms with van der Waals surface area (Å²) in [7, 11) is 0. The van der Waals surface area contributed by atoms with Gasteiger partial charge in [-0.15, -0.1) is 0 Å². The Balaban J connectivity index is 1.37. The van der Waals surface area contributed by atoms with E-state index in [4.69, 9.17) is 0 Å². The molecule has 0 N–H and O–H groups in total. The molecule has 0 spiro atoms. The van der Waals surface area contributed by atoms with Crippen LogP contribution in [0.4, 0.5) is 0 Å². The molecule has 29 heavy (non-hydrogen) atoms. The van der Waals surface area contributed by atoms with Gasteiger partial charge in [0.1, 0.15) is 6.29 Å². The van der Waals surface area contributed by atoms with Crippen LogP contribution >= 0.6 is 0 Å². The van der Waals surface area contributed by atoms with E-state index in [9.17, 15) is 4.79 Å². The molecular weight excluding hydrogens is 352 g/mol. The van der Waals surface area contributed by atoms with E-state index in [1.807, 2.05) is 0 Å². The number of carbonyl (C=O) groups is 1. The monoisotopic (exact) mass is 386 g/mol. The summed E-state index contributed by atoms with van der Waals surface area (Å²) < 4.78 is 0. The molecule has 0 amide bonds. The normalized spacial score (nSPS) is 27.8. The van der Waals surface area contributed by atoms with E-state index in [-0.39, 0.29) is 0 Å². The minimum absolute atomic E-state index is 0.294. The summed E-state index contributed by atoms with van der Waals surface area (Å²) in [5.74, 6) is 2.44. The van der Waals surface area contributed by atoms with Gasteiger partial charge >= 0.3 is 0 Å². The predicted molar refractivity (Wildman–Crippen MR) is 122 cm³/mol. The molecule has 0 bridgehead atoms. The van der Waals surface area contributed by atoms with Crippen molar-refractivity contribution < 1.29 is 4.79 Å². The highest BCUT2D eigenvalue weighted by Crippen LogP contribution is 2.38. The Hall–Kier alpha value is -2.15. The van der Waals surface area contributed by atoms with Gasteiger partial charge in [0.15, 0.2) is 0 Å². The molecule has 0 atom stereocenters. The van der Waals surface area contributed by atoms with Crippen molar-refractivity contribution in [3.05, 3.63) is 71.8 Å². The van der Waals surface area contributed by atoms with Gasteiger partial charge in [0.05, 0.1) is 0 Å². The Bertz CT molecular complexity index is 798. The first kappa shape index (κ1) is 20.1. The van der Waals surface area contributed by atoms with E-state index in [0.29, 0.717) is 11.8 Å². The molecule has 2 aromatic carbocycles. The third kappa shape index (κ3) is 4.89. The maximum Gasteiger partial charge on any atom is 0.123 e. The SMILES string of the molecule is C/C=C/[C@H]1CC[C@H](c2ccc(-c3ccc(C4CCC(C=O)CC4)cc3)cc2)CC1. The average molecular weight is 387 g/mol. The molecule has 0 saturated heterocycles. The van der Waals surface area contributed by atoms with Gasteiger partial charge in [-0.25, -0.2) is 0 Å². The Morgan fingerprint density at radius 3 is 1.41 bits per heavy atom. The van der Waals surface area contributed by atoms with Crippen LogP contribution in [0.1, 0.15) is 81.3 Å². The van der Waals surface area contributed by atoms with Crippen LogP contribution in [0.25, 0.3) is 11.1 Å². The second kappa shape index (κ2) is 9.57. The molecule has 2 aromatic rings. The van der Waals surface area contributed by atoms with Crippen molar-refractivity contribution in [3.8, 4) is 11.1 Å². The van der Waals surface area contributed by atoms with E-state index < -0.39 is 0 Å². The minimum atomic E-state index is 0.294. The third-order valence-corrected chi connectivity index (χ3v) is 7.30. The second-order valence-electron chi connectivity index (χ2n) is 9.13. The highest BCUT2D eigenvalue weighted by molar-refractivity contribution is 5.64. The summed E-state index contributed by atoms with van der Waals surface area (Å²) in [6.07, 6.45) is 15.4. The highest BCUT2D eigenvalue weighted by atomic mass is 16.1. The van der Waals surface area contributed by atoms with Gasteiger partial charge in [-0.2, -0.15) is 0 Å². The van der Waals surface area contributed by atoms with Crippen molar-refractivity contribution in [2.24, 2.45) is 11.8 Å². The van der Waals surface area contributed by atoms with E-state index in [2.05, 4.69) is 67.6 Å². The van der Waals surface area contributed by atoms with Crippen molar-refractivity contribution in [2.75, 3.05) is 0 Å². The maximum absolute atomic E-state index is 11.0. The van der Waals surface area contributed by atoms with Crippen LogP contribution in [0.5, 0.6) is 0 Å². The molecule has 1 nitrogen and oxygen atoms in total. The van der Waals surface area contributed by atoms with Crippen molar-refractivity contribution in [3.63, 3.8) is 0 Å². The topological polar surface area (TPSA) is 17.1 Å². The van der Waals surface area contributed by atoms with Crippen LogP contribution in [-0.4, -0.2) is 6.29 Å². The molecule has 0 aromatic heterocycles. The fourth-order valence-corrected chi connectivity index (χ4v) is 5.40. The molecule has 0 aliphatic heterocycles. The number of hydrogen-bond acceptors (Lipinski definition) is 1. The standard InChI is InChI=1S/C28H34O/c1-2-3-21-4-8-23(9-5-21)25-12-16-27(17-13-25)28-18-14-26(15-19-28)24-10-6-22(20-29)7-11-24/h2-3,12-24H,4-11H2,1H3/b3-2+/t21-,22?,23-,24?. The molecule has 0 unspecified atom stereocenters. The molecule has 0 radical (unpaired) electrons. The number of allylic oxidation sites excluding steroid dienone is 2. The smallest absolute Gasteiger partial charge is 0.123 e. The zero-order valence-corrected chi connectivity index (χ0v) is 17.7. The fourth-order valence-electron chi connectivity index (χ4n) is 5.40. The molecule has 4 rings (SSSR count). The molecular formula is C28H34O. The number of aldehydes is 1. The third-order valence-electron chi connectivity index (χ3n) is 7.30. The zero-order chi connectivity index (χ0) is 20.1. The predicted octanol–water partition coefficient (Wildman–Crippen LogP) is 7.68. The van der Waals surface area contributed by atoms with E-state index >= 15 is 0 Å². The van der Waals surface area contributed by atoms with E-state index in [1.165, 1.54) is 47.9 Å². The van der Waals surface area contributed by atoms with Gasteiger partial charge < -0.3 is 4.79 Å². The van der Waals surface area contributed by atoms with Crippen LogP contribution in [-0.2, 0) is 4.79 Å². The summed E-state index contributed by atoms with van der Waals surface area (Å²) >= 11 is 0. The molecule has 152 valence electrons. The van der Waals surface area contributed by atoms with Crippen molar-refractivity contribution in [2.45, 2.75) is 70.1 Å². The first-order chi connectivity index (χ1) is 14.3. The van der Waals surface area contributed by atoms with Crippen LogP contribution in [0, 0.1) is 11.8 Å². The largest absolute Gasteiger partial charge is 0.303 e. The van der Waals surface area contributed by atoms with Gasteiger partial charge in [0, 0.05) is 5.92 Å². The highest BCUT2D eigenvalue weighted by Gasteiger charge is 2.22. The molecule has 2 fully saturated rings. The average Bonchev–Trinajstić information content (AvgIpc) is 2.80. The summed E-state index contributed by atoms with van der Waals surface area (Å²) in [5.41, 5.74) is 5.56. The number of benzene rings is 2. The van der Waals surface area contributed by atoms with E-state index in [0.717, 1.165) is 43.8 Å². The number of hydrogen-bond donors (Lipinski definition) is 0. The van der Waals surface area contributed by atoms with E-state index in [1.54, 1.807) is 0 Å². The molecule has 0 heterocycles. The lowest BCUT2D eigenvalue weighted by Crippen LogP contribution is -2.14. The Morgan fingerprint density at radius 2 is 1.03 bits per heavy atom. The van der Waals surface area contributed by atoms with Gasteiger partial charge in [0.2, 0.25) is 0 Å². The minimum Gasteiger partial charge on any atom is -0.303 e. The fraction of sp³-hybridized carbons (Fsp3) is 0.464. The quantitative estimate of drug-likeness (QED) is 0.380. The van der Waals surface area contributed by atoms with Gasteiger partial charge in [-0.1, -0.05) is 60.7 Å². The molecule has 2 aliphatic rings. The summed E-state index contributed by atoms with van der Waals surface area (Å²) in [4.78, 5) is 11.0. The van der Waals surface area contributed by atoms with Crippen LogP contribution in [0.15, 0.2) is 60.7 Å². The first-order valence-corrected chi connectivity index (χ1v) is 11.5. The zero-order valence-electron chi connectivity index (χ0n) is 17.7. The van der Waals surface area contributed by atoms with Gasteiger partial charge in [0.25, 0.3) is 0 Å². The summed E-state index contributed by atoms with van der Waals surface area (Å²) in [6, 6.07) is 18.5. The van der Waals surface area contributed by atoms with Gasteiger partial charge in [-0.05, 0) is 98.3 Å². The van der Waals surface area contributed by atoms with Crippen LogP contribution in [0.2, 0.25) is 0 Å². The first-order valence-electron chi connectivity index (χ1n) is 11.5. The Kier molecular flexibility index (Phi) is 6.64. The summed E-state index contributed by atoms with van der Waals surface area (Å²) in [6.45, 7) is 2.13. The second-order valence-corrected chi connectivity index (χ2v) is 9.13. The van der Waals surface area contributed by atoms with Crippen LogP contribution in [0.3, 0.4) is 0 Å². The molecule has 1 heteroatoms. The van der Waals surface area contributed by atoms with Gasteiger partial charge in [-0.3, -0.25) is 0 Å². The Morgan fingerprint density at radius 1 is 0.621 bits per heavy atom. The molecule has 2 aliphatic carbocycles. The molecule has 2 saturated carbocycles. The van der Waals surface area contributed by atoms with Crippen LogP contribution < -0.4 is 0 Å². The lowest BCUT2D eigenvalue weighted by Gasteiger charge is -2.27. The van der Waals surface area contributed by atoms with Crippen molar-refractivity contribution in [1.82, 2.24) is 0 Å². The van der Waals surface area contributed by atoms with Crippen molar-refractivity contribution >= 4 is 6.29 Å². The lowest BCUT2D eigenvalue weighted by molar-refractivity contribution is -0.111. The Labute approximate surface area is 176 Å². The number of rotatable bonds is 5. The summed E-state index contributed by atoms with van der Waals surface area (Å²) in [5, 5.41) is 0. The maximum atomic E-state index is 11.0. The number of carbonyl (C=O) groups excluding carboxylic acids is 1. The van der Waals surface area contributed by atoms with Crippen molar-refractivity contribution in [1.29, 1.82) is 0 Å². The lowest BCUT2D eigenvalue weighted by atomic mass is 9.78.